The minimum absolute atomic E-state index is 0.102. The maximum absolute atomic E-state index is 12.3. The second-order valence-electron chi connectivity index (χ2n) is 2.67. The van der Waals surface area contributed by atoms with E-state index in [1.54, 1.807) is 0 Å². The molecule has 0 aliphatic carbocycles. The number of aromatic carboxylic acids is 1. The number of carboxylic acid groups (broad SMARTS) is 1. The van der Waals surface area contributed by atoms with Crippen molar-refractivity contribution in [3.8, 4) is 0 Å². The zero-order valence-electron chi connectivity index (χ0n) is 7.38. The van der Waals surface area contributed by atoms with Crippen LogP contribution < -0.4 is 5.73 Å². The minimum atomic E-state index is -2.82. The van der Waals surface area contributed by atoms with E-state index in [0.29, 0.717) is 0 Å². The number of alkyl halides is 2. The van der Waals surface area contributed by atoms with Crippen LogP contribution in [0.5, 0.6) is 0 Å². The van der Waals surface area contributed by atoms with E-state index in [4.69, 9.17) is 10.8 Å². The predicted molar refractivity (Wildman–Crippen MR) is 51.7 cm³/mol. The lowest BCUT2D eigenvalue weighted by Crippen LogP contribution is -2.09. The highest BCUT2D eigenvalue weighted by atomic mass is 79.9. The van der Waals surface area contributed by atoms with Crippen LogP contribution in [0.4, 0.5) is 8.78 Å². The Morgan fingerprint density at radius 3 is 2.67 bits per heavy atom. The van der Waals surface area contributed by atoms with E-state index < -0.39 is 18.1 Å². The molecule has 7 heteroatoms. The van der Waals surface area contributed by atoms with Gasteiger partial charge in [0.2, 0.25) is 0 Å². The van der Waals surface area contributed by atoms with Gasteiger partial charge in [-0.3, -0.25) is 0 Å². The van der Waals surface area contributed by atoms with Crippen molar-refractivity contribution in [1.29, 1.82) is 0 Å². The Bertz CT molecular complexity index is 398. The van der Waals surface area contributed by atoms with E-state index in [9.17, 15) is 13.6 Å². The van der Waals surface area contributed by atoms with Crippen LogP contribution in [0.2, 0.25) is 0 Å². The molecule has 0 fully saturated rings. The monoisotopic (exact) mass is 280 g/mol. The second kappa shape index (κ2) is 4.63. The molecule has 4 nitrogen and oxygen atoms in total. The van der Waals surface area contributed by atoms with E-state index in [-0.39, 0.29) is 22.3 Å². The zero-order chi connectivity index (χ0) is 11.6. The van der Waals surface area contributed by atoms with Gasteiger partial charge in [0.05, 0.1) is 15.7 Å². The number of nitrogens with zero attached hydrogens (tertiary/aromatic N) is 1. The van der Waals surface area contributed by atoms with Gasteiger partial charge in [0.25, 0.3) is 6.43 Å². The lowest BCUT2D eigenvalue weighted by Gasteiger charge is -2.07. The Kier molecular flexibility index (Phi) is 3.70. The predicted octanol–water partition coefficient (Wildman–Crippen LogP) is 1.94. The Balaban J connectivity index is 3.38. The molecule has 0 aliphatic rings. The summed E-state index contributed by atoms with van der Waals surface area (Å²) in [6.07, 6.45) is -2.82. The number of hydrogen-bond donors (Lipinski definition) is 2. The van der Waals surface area contributed by atoms with Crippen LogP contribution in [-0.2, 0) is 6.54 Å². The molecule has 1 aromatic heterocycles. The average molecular weight is 281 g/mol. The summed E-state index contributed by atoms with van der Waals surface area (Å²) in [4.78, 5) is 14.3. The Hall–Kier alpha value is -1.08. The third-order valence-corrected chi connectivity index (χ3v) is 2.58. The van der Waals surface area contributed by atoms with E-state index in [0.717, 1.165) is 6.07 Å². The number of carbonyl (C=O) groups is 1. The van der Waals surface area contributed by atoms with Crippen molar-refractivity contribution in [2.24, 2.45) is 5.73 Å². The Labute approximate surface area is 92.2 Å². The number of nitrogens with two attached hydrogens (primary N) is 1. The number of halogens is 3. The van der Waals surface area contributed by atoms with E-state index >= 15 is 0 Å². The highest BCUT2D eigenvalue weighted by molar-refractivity contribution is 9.10. The van der Waals surface area contributed by atoms with Gasteiger partial charge in [-0.25, -0.2) is 18.6 Å². The highest BCUT2D eigenvalue weighted by Crippen LogP contribution is 2.25. The molecular formula is C8H7BrF2N2O2. The van der Waals surface area contributed by atoms with Crippen LogP contribution in [0, 0.1) is 0 Å². The summed E-state index contributed by atoms with van der Waals surface area (Å²) in [7, 11) is 0. The quantitative estimate of drug-likeness (QED) is 0.887. The second-order valence-corrected chi connectivity index (χ2v) is 3.46. The summed E-state index contributed by atoms with van der Waals surface area (Å²) in [5.74, 6) is -1.30. The van der Waals surface area contributed by atoms with Gasteiger partial charge in [0.1, 0.15) is 5.69 Å². The van der Waals surface area contributed by atoms with Crippen LogP contribution in [0.25, 0.3) is 0 Å². The molecule has 3 N–H and O–H groups in total. The molecular weight excluding hydrogens is 274 g/mol. The molecule has 0 atom stereocenters. The van der Waals surface area contributed by atoms with Crippen molar-refractivity contribution >= 4 is 21.9 Å². The molecule has 1 rings (SSSR count). The van der Waals surface area contributed by atoms with Gasteiger partial charge in [-0.2, -0.15) is 0 Å². The van der Waals surface area contributed by atoms with Crippen molar-refractivity contribution < 1.29 is 18.7 Å². The third-order valence-electron chi connectivity index (χ3n) is 1.69. The van der Waals surface area contributed by atoms with Crippen molar-refractivity contribution in [3.05, 3.63) is 27.5 Å². The summed E-state index contributed by atoms with van der Waals surface area (Å²) in [6.45, 7) is -0.110. The molecule has 15 heavy (non-hydrogen) atoms. The summed E-state index contributed by atoms with van der Waals surface area (Å²) in [6, 6.07) is 0.830. The van der Waals surface area contributed by atoms with Crippen LogP contribution in [0.1, 0.15) is 28.2 Å². The molecule has 0 saturated carbocycles. The summed E-state index contributed by atoms with van der Waals surface area (Å²) in [5, 5.41) is 8.75. The van der Waals surface area contributed by atoms with Gasteiger partial charge in [0.15, 0.2) is 0 Å². The molecule has 0 amide bonds. The first kappa shape index (κ1) is 12.0. The molecule has 1 aromatic rings. The fourth-order valence-electron chi connectivity index (χ4n) is 1.01. The standard InChI is InChI=1S/C8H7BrF2N2O2/c9-6-3(8(14)15)1-4(7(10)11)13-5(6)2-12/h1,7H,2,12H2,(H,14,15). The molecule has 0 radical (unpaired) electrons. The molecule has 0 aliphatic heterocycles. The maximum atomic E-state index is 12.3. The van der Waals surface area contributed by atoms with Crippen molar-refractivity contribution in [1.82, 2.24) is 4.98 Å². The normalized spacial score (nSPS) is 10.7. The zero-order valence-corrected chi connectivity index (χ0v) is 8.96. The number of aromatic nitrogens is 1. The van der Waals surface area contributed by atoms with E-state index in [1.165, 1.54) is 0 Å². The smallest absolute Gasteiger partial charge is 0.336 e. The molecule has 1 heterocycles. The minimum Gasteiger partial charge on any atom is -0.478 e. The first-order valence-corrected chi connectivity index (χ1v) is 4.67. The number of hydrogen-bond acceptors (Lipinski definition) is 3. The SMILES string of the molecule is NCc1nc(C(F)F)cc(C(=O)O)c1Br. The fourth-order valence-corrected chi connectivity index (χ4v) is 1.54. The lowest BCUT2D eigenvalue weighted by molar-refractivity contribution is 0.0695. The van der Waals surface area contributed by atoms with Crippen LogP contribution in [0.15, 0.2) is 10.5 Å². The maximum Gasteiger partial charge on any atom is 0.336 e. The molecule has 0 saturated heterocycles. The van der Waals surface area contributed by atoms with Gasteiger partial charge in [0, 0.05) is 6.54 Å². The summed E-state index contributed by atoms with van der Waals surface area (Å²) < 4.78 is 24.8. The van der Waals surface area contributed by atoms with Crippen LogP contribution >= 0.6 is 15.9 Å². The van der Waals surface area contributed by atoms with Crippen molar-refractivity contribution in [3.63, 3.8) is 0 Å². The molecule has 0 bridgehead atoms. The van der Waals surface area contributed by atoms with Crippen molar-refractivity contribution in [2.45, 2.75) is 13.0 Å². The summed E-state index contributed by atoms with van der Waals surface area (Å²) in [5.41, 5.74) is 4.51. The molecule has 0 unspecified atom stereocenters. The lowest BCUT2D eigenvalue weighted by atomic mass is 10.2. The number of pyridine rings is 1. The number of carboxylic acids is 1. The topological polar surface area (TPSA) is 76.2 Å². The summed E-state index contributed by atoms with van der Waals surface area (Å²) >= 11 is 2.96. The molecule has 82 valence electrons. The van der Waals surface area contributed by atoms with Gasteiger partial charge >= 0.3 is 5.97 Å². The Morgan fingerprint density at radius 1 is 1.67 bits per heavy atom. The van der Waals surface area contributed by atoms with E-state index in [2.05, 4.69) is 20.9 Å². The van der Waals surface area contributed by atoms with Gasteiger partial charge in [-0.1, -0.05) is 0 Å². The average Bonchev–Trinajstić information content (AvgIpc) is 2.17. The molecule has 0 spiro atoms. The van der Waals surface area contributed by atoms with Crippen molar-refractivity contribution in [2.75, 3.05) is 0 Å². The van der Waals surface area contributed by atoms with Crippen LogP contribution in [0.3, 0.4) is 0 Å². The van der Waals surface area contributed by atoms with E-state index in [1.807, 2.05) is 0 Å². The largest absolute Gasteiger partial charge is 0.478 e. The first-order chi connectivity index (χ1) is 6.97. The Morgan fingerprint density at radius 2 is 2.27 bits per heavy atom. The fraction of sp³-hybridized carbons (Fsp3) is 0.250. The number of rotatable bonds is 3. The van der Waals surface area contributed by atoms with Gasteiger partial charge in [-0.15, -0.1) is 0 Å². The van der Waals surface area contributed by atoms with Crippen LogP contribution in [-0.4, -0.2) is 16.1 Å². The van der Waals surface area contributed by atoms with Gasteiger partial charge in [-0.05, 0) is 22.0 Å². The third kappa shape index (κ3) is 2.48. The highest BCUT2D eigenvalue weighted by Gasteiger charge is 2.18. The molecule has 0 aromatic carbocycles. The van der Waals surface area contributed by atoms with Gasteiger partial charge < -0.3 is 10.8 Å². The first-order valence-electron chi connectivity index (χ1n) is 3.88.